The summed E-state index contributed by atoms with van der Waals surface area (Å²) in [5.74, 6) is -0.750. The number of aromatic nitrogens is 2. The van der Waals surface area contributed by atoms with E-state index in [2.05, 4.69) is 15.3 Å². The summed E-state index contributed by atoms with van der Waals surface area (Å²) in [5, 5.41) is 13.7. The van der Waals surface area contributed by atoms with E-state index >= 15 is 0 Å². The van der Waals surface area contributed by atoms with Gasteiger partial charge in [-0.3, -0.25) is 0 Å². The van der Waals surface area contributed by atoms with E-state index in [4.69, 9.17) is 0 Å². The average molecular weight is 413 g/mol. The number of nitrogens with one attached hydrogen (secondary N) is 1. The predicted molar refractivity (Wildman–Crippen MR) is 105 cm³/mol. The first-order valence-electron chi connectivity index (χ1n) is 8.95. The maximum absolute atomic E-state index is 13.7. The maximum atomic E-state index is 13.7. The van der Waals surface area contributed by atoms with Crippen LogP contribution in [-0.4, -0.2) is 15.1 Å². The molecule has 0 aliphatic carbocycles. The van der Waals surface area contributed by atoms with Gasteiger partial charge in [-0.05, 0) is 34.7 Å². The van der Waals surface area contributed by atoms with Crippen LogP contribution in [0.25, 0.3) is 10.8 Å². The summed E-state index contributed by atoms with van der Waals surface area (Å²) in [6.45, 7) is 0. The van der Waals surface area contributed by atoms with Crippen LogP contribution in [0.5, 0.6) is 5.88 Å². The number of anilines is 2. The van der Waals surface area contributed by atoms with Gasteiger partial charge in [-0.15, -0.1) is 0 Å². The molecule has 0 spiro atoms. The molecule has 4 aromatic rings. The third kappa shape index (κ3) is 4.17. The van der Waals surface area contributed by atoms with E-state index < -0.39 is 17.6 Å². The van der Waals surface area contributed by atoms with Crippen LogP contribution < -0.4 is 5.32 Å². The lowest BCUT2D eigenvalue weighted by atomic mass is 10.0. The quantitative estimate of drug-likeness (QED) is 0.414. The Kier molecular flexibility index (Phi) is 4.99. The van der Waals surface area contributed by atoms with Gasteiger partial charge >= 0.3 is 6.18 Å². The molecular formula is C22H15F4N3O. The van der Waals surface area contributed by atoms with Crippen LogP contribution in [0.4, 0.5) is 29.1 Å². The van der Waals surface area contributed by atoms with Crippen molar-refractivity contribution in [3.63, 3.8) is 0 Å². The summed E-state index contributed by atoms with van der Waals surface area (Å²) in [6, 6.07) is 12.8. The van der Waals surface area contributed by atoms with Crippen LogP contribution in [0.15, 0.2) is 67.0 Å². The van der Waals surface area contributed by atoms with E-state index in [-0.39, 0.29) is 11.6 Å². The molecule has 2 aromatic heterocycles. The Morgan fingerprint density at radius 1 is 0.900 bits per heavy atom. The van der Waals surface area contributed by atoms with Crippen LogP contribution >= 0.6 is 0 Å². The highest BCUT2D eigenvalue weighted by Crippen LogP contribution is 2.34. The van der Waals surface area contributed by atoms with Crippen molar-refractivity contribution in [1.29, 1.82) is 0 Å². The second-order valence-corrected chi connectivity index (χ2v) is 6.73. The maximum Gasteiger partial charge on any atom is 0.416 e. The van der Waals surface area contributed by atoms with E-state index in [1.807, 2.05) is 12.1 Å². The lowest BCUT2D eigenvalue weighted by molar-refractivity contribution is -0.137. The molecule has 8 heteroatoms. The summed E-state index contributed by atoms with van der Waals surface area (Å²) >= 11 is 0. The molecule has 0 amide bonds. The standard InChI is InChI=1S/C22H15F4N3O/c23-16-8-15(22(24,25)26)9-17(10-16)29-21-19-4-2-1-3-18(19)14(12-28-21)7-13-5-6-20(30)27-11-13/h1-6,8-12H,7H2,(H,27,30)(H,28,29). The largest absolute Gasteiger partial charge is 0.493 e. The van der Waals surface area contributed by atoms with Crippen LogP contribution in [0, 0.1) is 5.82 Å². The molecule has 4 nitrogen and oxygen atoms in total. The first-order chi connectivity index (χ1) is 14.3. The summed E-state index contributed by atoms with van der Waals surface area (Å²) < 4.78 is 52.7. The van der Waals surface area contributed by atoms with E-state index in [1.165, 1.54) is 6.07 Å². The topological polar surface area (TPSA) is 58.0 Å². The van der Waals surface area contributed by atoms with Gasteiger partial charge in [-0.1, -0.05) is 30.3 Å². The van der Waals surface area contributed by atoms with Gasteiger partial charge in [0.2, 0.25) is 5.88 Å². The highest BCUT2D eigenvalue weighted by atomic mass is 19.4. The number of nitrogens with zero attached hydrogens (tertiary/aromatic N) is 2. The van der Waals surface area contributed by atoms with E-state index in [9.17, 15) is 22.7 Å². The molecule has 0 radical (unpaired) electrons. The summed E-state index contributed by atoms with van der Waals surface area (Å²) in [4.78, 5) is 8.21. The normalized spacial score (nSPS) is 11.6. The van der Waals surface area contributed by atoms with Gasteiger partial charge in [0.25, 0.3) is 0 Å². The van der Waals surface area contributed by atoms with E-state index in [0.717, 1.165) is 28.6 Å². The summed E-state index contributed by atoms with van der Waals surface area (Å²) in [7, 11) is 0. The smallest absolute Gasteiger partial charge is 0.416 e. The molecule has 0 saturated carbocycles. The number of halogens is 4. The van der Waals surface area contributed by atoms with Crippen LogP contribution in [0.3, 0.4) is 0 Å². The lowest BCUT2D eigenvalue weighted by Crippen LogP contribution is -2.07. The van der Waals surface area contributed by atoms with Crippen molar-refractivity contribution in [3.8, 4) is 5.88 Å². The molecule has 30 heavy (non-hydrogen) atoms. The van der Waals surface area contributed by atoms with Gasteiger partial charge in [0, 0.05) is 36.0 Å². The molecule has 2 N–H and O–H groups in total. The summed E-state index contributed by atoms with van der Waals surface area (Å²) in [5.41, 5.74) is 0.612. The fourth-order valence-corrected chi connectivity index (χ4v) is 3.20. The predicted octanol–water partition coefficient (Wildman–Crippen LogP) is 5.83. The molecule has 0 saturated heterocycles. The molecule has 4 rings (SSSR count). The van der Waals surface area contributed by atoms with Crippen molar-refractivity contribution in [2.75, 3.05) is 5.32 Å². The van der Waals surface area contributed by atoms with Gasteiger partial charge in [-0.25, -0.2) is 14.4 Å². The molecule has 0 unspecified atom stereocenters. The third-order valence-electron chi connectivity index (χ3n) is 4.57. The Hall–Kier alpha value is -3.68. The Labute approximate surface area is 168 Å². The number of fused-ring (bicyclic) bond motifs is 1. The number of pyridine rings is 2. The van der Waals surface area contributed by atoms with Gasteiger partial charge in [0.05, 0.1) is 5.56 Å². The zero-order valence-corrected chi connectivity index (χ0v) is 15.4. The number of alkyl halides is 3. The molecule has 0 aliphatic heterocycles. The second kappa shape index (κ2) is 7.62. The number of rotatable bonds is 4. The minimum Gasteiger partial charge on any atom is -0.493 e. The van der Waals surface area contributed by atoms with Crippen LogP contribution in [-0.2, 0) is 12.6 Å². The summed E-state index contributed by atoms with van der Waals surface area (Å²) in [6.07, 6.45) is -0.988. The van der Waals surface area contributed by atoms with Crippen molar-refractivity contribution < 1.29 is 22.7 Å². The van der Waals surface area contributed by atoms with Gasteiger partial charge in [0.15, 0.2) is 0 Å². The zero-order chi connectivity index (χ0) is 21.3. The Bertz CT molecular complexity index is 1210. The number of hydrogen-bond donors (Lipinski definition) is 2. The molecule has 2 heterocycles. The molecule has 0 aliphatic rings. The number of hydrogen-bond acceptors (Lipinski definition) is 4. The fourth-order valence-electron chi connectivity index (χ4n) is 3.20. The Balaban J connectivity index is 1.71. The van der Waals surface area contributed by atoms with Crippen molar-refractivity contribution in [2.24, 2.45) is 0 Å². The molecule has 0 bridgehead atoms. The van der Waals surface area contributed by atoms with Crippen molar-refractivity contribution in [1.82, 2.24) is 9.97 Å². The minimum atomic E-state index is -4.66. The van der Waals surface area contributed by atoms with E-state index in [1.54, 1.807) is 30.6 Å². The van der Waals surface area contributed by atoms with Crippen LogP contribution in [0.2, 0.25) is 0 Å². The first-order valence-corrected chi connectivity index (χ1v) is 8.95. The Morgan fingerprint density at radius 2 is 1.67 bits per heavy atom. The van der Waals surface area contributed by atoms with Crippen LogP contribution in [0.1, 0.15) is 16.7 Å². The fraction of sp³-hybridized carbons (Fsp3) is 0.0909. The van der Waals surface area contributed by atoms with Crippen molar-refractivity contribution in [2.45, 2.75) is 12.6 Å². The van der Waals surface area contributed by atoms with Crippen molar-refractivity contribution in [3.05, 3.63) is 89.5 Å². The molecular weight excluding hydrogens is 398 g/mol. The third-order valence-corrected chi connectivity index (χ3v) is 4.57. The SMILES string of the molecule is Oc1ccc(Cc2cnc(Nc3cc(F)cc(C(F)(F)F)c3)c3ccccc23)cn1. The monoisotopic (exact) mass is 413 g/mol. The second-order valence-electron chi connectivity index (χ2n) is 6.73. The van der Waals surface area contributed by atoms with Gasteiger partial charge in [0.1, 0.15) is 11.6 Å². The van der Waals surface area contributed by atoms with Gasteiger partial charge in [-0.2, -0.15) is 13.2 Å². The molecule has 0 fully saturated rings. The minimum absolute atomic E-state index is 0.0459. The highest BCUT2D eigenvalue weighted by Gasteiger charge is 2.31. The van der Waals surface area contributed by atoms with E-state index in [0.29, 0.717) is 23.7 Å². The Morgan fingerprint density at radius 3 is 2.37 bits per heavy atom. The molecule has 152 valence electrons. The molecule has 2 aromatic carbocycles. The van der Waals surface area contributed by atoms with Crippen molar-refractivity contribution >= 4 is 22.3 Å². The lowest BCUT2D eigenvalue weighted by Gasteiger charge is -2.14. The average Bonchev–Trinajstić information content (AvgIpc) is 2.70. The molecule has 0 atom stereocenters. The van der Waals surface area contributed by atoms with Gasteiger partial charge < -0.3 is 10.4 Å². The zero-order valence-electron chi connectivity index (χ0n) is 15.4. The number of benzene rings is 2. The number of aromatic hydroxyl groups is 1. The highest BCUT2D eigenvalue weighted by molar-refractivity contribution is 5.95. The first kappa shape index (κ1) is 19.6.